The second kappa shape index (κ2) is 10.1. The lowest BCUT2D eigenvalue weighted by Crippen LogP contribution is -2.40. The van der Waals surface area contributed by atoms with Gasteiger partial charge in [0.2, 0.25) is 5.91 Å². The van der Waals surface area contributed by atoms with E-state index in [1.54, 1.807) is 4.90 Å². The maximum atomic E-state index is 13.0. The van der Waals surface area contributed by atoms with Crippen molar-refractivity contribution in [3.05, 3.63) is 78.7 Å². The molecule has 0 radical (unpaired) electrons. The van der Waals surface area contributed by atoms with Gasteiger partial charge >= 0.3 is 0 Å². The number of pyridine rings is 1. The van der Waals surface area contributed by atoms with Crippen LogP contribution in [0.3, 0.4) is 0 Å². The average Bonchev–Trinajstić information content (AvgIpc) is 3.33. The van der Waals surface area contributed by atoms with E-state index in [1.165, 1.54) is 24.5 Å². The Labute approximate surface area is 212 Å². The highest BCUT2D eigenvalue weighted by atomic mass is 19.1. The molecule has 4 heterocycles. The highest BCUT2D eigenvalue weighted by Gasteiger charge is 2.28. The molecular weight excluding hydrogens is 475 g/mol. The predicted molar refractivity (Wildman–Crippen MR) is 136 cm³/mol. The van der Waals surface area contributed by atoms with Gasteiger partial charge in [0.15, 0.2) is 5.65 Å². The van der Waals surface area contributed by atoms with Gasteiger partial charge < -0.3 is 16.0 Å². The van der Waals surface area contributed by atoms with Crippen molar-refractivity contribution in [3.63, 3.8) is 0 Å². The number of carbonyl (C=O) groups is 2. The fraction of sp³-hybridized carbons (Fsp3) is 0.231. The molecule has 0 aliphatic carbocycles. The van der Waals surface area contributed by atoms with Crippen molar-refractivity contribution in [2.45, 2.75) is 25.4 Å². The van der Waals surface area contributed by atoms with Crippen molar-refractivity contribution >= 4 is 28.7 Å². The molecule has 188 valence electrons. The lowest BCUT2D eigenvalue weighted by Gasteiger charge is -2.32. The number of carbonyl (C=O) groups excluding carboxylic acids is 2. The fourth-order valence-electron chi connectivity index (χ4n) is 4.50. The molecule has 5 rings (SSSR count). The Bertz CT molecular complexity index is 1470. The number of fused-ring (bicyclic) bond motifs is 1. The van der Waals surface area contributed by atoms with E-state index < -0.39 is 11.7 Å². The van der Waals surface area contributed by atoms with Crippen molar-refractivity contribution in [1.29, 1.82) is 0 Å². The maximum absolute atomic E-state index is 13.0. The summed E-state index contributed by atoms with van der Waals surface area (Å²) in [6.45, 7) is 5.06. The van der Waals surface area contributed by atoms with Gasteiger partial charge in [0.05, 0.1) is 17.6 Å². The topological polar surface area (TPSA) is 132 Å². The van der Waals surface area contributed by atoms with Gasteiger partial charge in [-0.05, 0) is 36.6 Å². The van der Waals surface area contributed by atoms with Gasteiger partial charge in [-0.3, -0.25) is 9.59 Å². The molecule has 1 aliphatic heterocycles. The third-order valence-corrected chi connectivity index (χ3v) is 6.39. The summed E-state index contributed by atoms with van der Waals surface area (Å²) in [7, 11) is 0. The summed E-state index contributed by atoms with van der Waals surface area (Å²) in [5.74, 6) is -0.674. The Hall–Kier alpha value is -4.67. The van der Waals surface area contributed by atoms with Crippen molar-refractivity contribution < 1.29 is 14.0 Å². The standard InChI is InChI=1S/C26H25FN8O2/c1-2-21(36)34-11-3-4-19(14-34)35-25-22(24(28)31-15-32-25)23(33-35)17-7-5-16(6-8-17)12-30-26(37)20-10-9-18(27)13-29-20/h2,5-10,13,15,19H,1,3-4,11-12,14H2,(H,30,37)(H2,28,31,32)/t19-/m1/s1. The number of rotatable bonds is 6. The smallest absolute Gasteiger partial charge is 0.270 e. The van der Waals surface area contributed by atoms with Crippen LogP contribution in [0.25, 0.3) is 22.3 Å². The van der Waals surface area contributed by atoms with Crippen LogP contribution in [0, 0.1) is 5.82 Å². The summed E-state index contributed by atoms with van der Waals surface area (Å²) in [6.07, 6.45) is 5.44. The normalized spacial score (nSPS) is 15.5. The SMILES string of the molecule is C=CC(=O)N1CCC[C@@H](n2nc(-c3ccc(CNC(=O)c4ccc(F)cn4)cc3)c3c(N)ncnc32)C1. The zero-order valence-corrected chi connectivity index (χ0v) is 20.0. The summed E-state index contributed by atoms with van der Waals surface area (Å²) in [6, 6.07) is 10.0. The number of halogens is 1. The van der Waals surface area contributed by atoms with E-state index >= 15 is 0 Å². The first kappa shape index (κ1) is 24.0. The minimum Gasteiger partial charge on any atom is -0.383 e. The monoisotopic (exact) mass is 500 g/mol. The Morgan fingerprint density at radius 3 is 2.70 bits per heavy atom. The van der Waals surface area contributed by atoms with Crippen LogP contribution >= 0.6 is 0 Å². The number of benzene rings is 1. The zero-order chi connectivity index (χ0) is 25.9. The van der Waals surface area contributed by atoms with Gasteiger partial charge in [0.25, 0.3) is 5.91 Å². The van der Waals surface area contributed by atoms with Crippen molar-refractivity contribution in [1.82, 2.24) is 34.9 Å². The molecule has 37 heavy (non-hydrogen) atoms. The molecule has 1 fully saturated rings. The second-order valence-electron chi connectivity index (χ2n) is 8.78. The molecule has 0 bridgehead atoms. The number of likely N-dealkylation sites (tertiary alicyclic amines) is 1. The quantitative estimate of drug-likeness (QED) is 0.389. The van der Waals surface area contributed by atoms with Crippen molar-refractivity contribution in [2.75, 3.05) is 18.8 Å². The van der Waals surface area contributed by atoms with Gasteiger partial charge in [0.1, 0.15) is 29.4 Å². The van der Waals surface area contributed by atoms with Gasteiger partial charge in [-0.25, -0.2) is 24.0 Å². The largest absolute Gasteiger partial charge is 0.383 e. The van der Waals surface area contributed by atoms with Crippen LogP contribution in [0.1, 0.15) is 34.9 Å². The molecule has 2 amide bonds. The van der Waals surface area contributed by atoms with Gasteiger partial charge in [0, 0.05) is 25.2 Å². The number of hydrogen-bond donors (Lipinski definition) is 2. The molecule has 4 aromatic rings. The molecule has 0 unspecified atom stereocenters. The molecule has 3 aromatic heterocycles. The van der Waals surface area contributed by atoms with E-state index in [4.69, 9.17) is 10.8 Å². The maximum Gasteiger partial charge on any atom is 0.270 e. The Morgan fingerprint density at radius 1 is 1.16 bits per heavy atom. The van der Waals surface area contributed by atoms with Gasteiger partial charge in [-0.15, -0.1) is 0 Å². The summed E-state index contributed by atoms with van der Waals surface area (Å²) >= 11 is 0. The summed E-state index contributed by atoms with van der Waals surface area (Å²) in [5, 5.41) is 8.30. The molecule has 1 atom stereocenters. The molecule has 1 saturated heterocycles. The average molecular weight is 501 g/mol. The fourth-order valence-corrected chi connectivity index (χ4v) is 4.50. The first-order chi connectivity index (χ1) is 17.9. The van der Waals surface area contributed by atoms with Crippen LogP contribution in [0.2, 0.25) is 0 Å². The van der Waals surface area contributed by atoms with Crippen LogP contribution in [-0.2, 0) is 11.3 Å². The number of piperidine rings is 1. The minimum atomic E-state index is -0.501. The van der Waals surface area contributed by atoms with E-state index in [-0.39, 0.29) is 24.2 Å². The van der Waals surface area contributed by atoms with E-state index in [0.29, 0.717) is 35.6 Å². The number of aromatic nitrogens is 5. The van der Waals surface area contributed by atoms with E-state index in [9.17, 15) is 14.0 Å². The van der Waals surface area contributed by atoms with E-state index in [1.807, 2.05) is 28.9 Å². The Kier molecular flexibility index (Phi) is 6.59. The molecule has 11 heteroatoms. The number of hydrogen-bond acceptors (Lipinski definition) is 7. The van der Waals surface area contributed by atoms with Crippen molar-refractivity contribution in [3.8, 4) is 11.3 Å². The number of nitrogens with zero attached hydrogens (tertiary/aromatic N) is 6. The number of nitrogen functional groups attached to an aromatic ring is 1. The minimum absolute atomic E-state index is 0.0576. The first-order valence-electron chi connectivity index (χ1n) is 11.8. The summed E-state index contributed by atoms with van der Waals surface area (Å²) in [5.41, 5.74) is 9.32. The Balaban J connectivity index is 1.39. The molecule has 0 saturated carbocycles. The zero-order valence-electron chi connectivity index (χ0n) is 20.0. The summed E-state index contributed by atoms with van der Waals surface area (Å²) < 4.78 is 14.9. The Morgan fingerprint density at radius 2 is 1.97 bits per heavy atom. The van der Waals surface area contributed by atoms with Crippen LogP contribution in [0.5, 0.6) is 0 Å². The van der Waals surface area contributed by atoms with Gasteiger partial charge in [-0.1, -0.05) is 30.8 Å². The summed E-state index contributed by atoms with van der Waals surface area (Å²) in [4.78, 5) is 38.7. The highest BCUT2D eigenvalue weighted by Crippen LogP contribution is 2.33. The lowest BCUT2D eigenvalue weighted by atomic mass is 10.1. The molecule has 1 aromatic carbocycles. The van der Waals surface area contributed by atoms with Crippen molar-refractivity contribution in [2.24, 2.45) is 0 Å². The number of nitrogens with one attached hydrogen (secondary N) is 1. The predicted octanol–water partition coefficient (Wildman–Crippen LogP) is 2.89. The van der Waals surface area contributed by atoms with E-state index in [0.717, 1.165) is 30.2 Å². The van der Waals surface area contributed by atoms with Crippen LogP contribution < -0.4 is 11.1 Å². The third-order valence-electron chi connectivity index (χ3n) is 6.39. The van der Waals surface area contributed by atoms with E-state index in [2.05, 4.69) is 26.8 Å². The van der Waals surface area contributed by atoms with Gasteiger partial charge in [-0.2, -0.15) is 5.10 Å². The van der Waals surface area contributed by atoms with Crippen LogP contribution in [0.4, 0.5) is 10.2 Å². The number of amides is 2. The van der Waals surface area contributed by atoms with Crippen LogP contribution in [0.15, 0.2) is 61.6 Å². The molecule has 1 aliphatic rings. The number of anilines is 1. The first-order valence-corrected chi connectivity index (χ1v) is 11.8. The molecule has 0 spiro atoms. The highest BCUT2D eigenvalue weighted by molar-refractivity contribution is 5.98. The number of nitrogens with two attached hydrogens (primary N) is 1. The molecule has 3 N–H and O–H groups in total. The lowest BCUT2D eigenvalue weighted by molar-refractivity contribution is -0.127. The molecule has 10 nitrogen and oxygen atoms in total. The van der Waals surface area contributed by atoms with Crippen LogP contribution in [-0.4, -0.2) is 54.5 Å². The second-order valence-corrected chi connectivity index (χ2v) is 8.78. The molecular formula is C26H25FN8O2. The third kappa shape index (κ3) is 4.88.